The summed E-state index contributed by atoms with van der Waals surface area (Å²) in [6.07, 6.45) is 0.936. The summed E-state index contributed by atoms with van der Waals surface area (Å²) in [5, 5.41) is 12.4. The fourth-order valence-corrected chi connectivity index (χ4v) is 4.98. The predicted molar refractivity (Wildman–Crippen MR) is 120 cm³/mol. The maximum Gasteiger partial charge on any atom is 0.323 e. The van der Waals surface area contributed by atoms with Gasteiger partial charge in [0.25, 0.3) is 0 Å². The van der Waals surface area contributed by atoms with Crippen molar-refractivity contribution in [1.82, 2.24) is 5.32 Å². The first-order valence-electron chi connectivity index (χ1n) is 10.4. The standard InChI is InChI=1S/C23H26N2O6S/c1-2-31-23(29)17(13-12-16-8-4-3-5-9-16)24-18-15-32(30)20-11-7-6-10-19(20)25(22(18)28)14-21(26)27/h3-11,17-18,24H,2,12-15H2,1H3,(H,26,27)/t17?,18-,32?/m0/s1. The first-order valence-corrected chi connectivity index (χ1v) is 11.7. The number of amides is 1. The Kier molecular flexibility index (Phi) is 8.26. The van der Waals surface area contributed by atoms with Gasteiger partial charge in [-0.2, -0.15) is 0 Å². The van der Waals surface area contributed by atoms with Crippen LogP contribution in [0, 0.1) is 0 Å². The van der Waals surface area contributed by atoms with E-state index in [9.17, 15) is 24.0 Å². The van der Waals surface area contributed by atoms with Crippen molar-refractivity contribution < 1.29 is 28.8 Å². The molecule has 2 N–H and O–H groups in total. The lowest BCUT2D eigenvalue weighted by Gasteiger charge is -2.26. The van der Waals surface area contributed by atoms with Crippen molar-refractivity contribution in [3.05, 3.63) is 60.2 Å². The first-order chi connectivity index (χ1) is 15.4. The van der Waals surface area contributed by atoms with E-state index in [0.717, 1.165) is 10.5 Å². The maximum absolute atomic E-state index is 13.3. The van der Waals surface area contributed by atoms with Gasteiger partial charge >= 0.3 is 11.9 Å². The number of carbonyl (C=O) groups is 3. The summed E-state index contributed by atoms with van der Waals surface area (Å²) >= 11 is -1.56. The van der Waals surface area contributed by atoms with Crippen LogP contribution >= 0.6 is 0 Å². The van der Waals surface area contributed by atoms with Crippen LogP contribution in [0.2, 0.25) is 0 Å². The maximum atomic E-state index is 13.3. The lowest BCUT2D eigenvalue weighted by molar-refractivity contribution is -0.146. The number of carboxylic acids is 1. The van der Waals surface area contributed by atoms with Gasteiger partial charge in [0.2, 0.25) is 5.91 Å². The molecule has 1 heterocycles. The van der Waals surface area contributed by atoms with E-state index < -0.39 is 47.7 Å². The highest BCUT2D eigenvalue weighted by molar-refractivity contribution is 7.91. The molecule has 2 aromatic rings. The third kappa shape index (κ3) is 5.87. The van der Waals surface area contributed by atoms with Crippen LogP contribution in [0.5, 0.6) is 0 Å². The number of fused-ring (bicyclic) bond motifs is 1. The number of anilines is 1. The molecule has 9 heteroatoms. The Morgan fingerprint density at radius 1 is 1.22 bits per heavy atom. The third-order valence-electron chi connectivity index (χ3n) is 5.11. The number of ether oxygens (including phenoxy) is 1. The fourth-order valence-electron chi connectivity index (χ4n) is 3.62. The molecule has 1 aliphatic heterocycles. The summed E-state index contributed by atoms with van der Waals surface area (Å²) in [5.74, 6) is -2.31. The van der Waals surface area contributed by atoms with Crippen molar-refractivity contribution in [2.45, 2.75) is 36.7 Å². The average molecular weight is 459 g/mol. The van der Waals surface area contributed by atoms with E-state index in [2.05, 4.69) is 5.32 Å². The number of rotatable bonds is 9. The smallest absolute Gasteiger partial charge is 0.323 e. The average Bonchev–Trinajstić information content (AvgIpc) is 2.88. The van der Waals surface area contributed by atoms with Crippen molar-refractivity contribution in [2.75, 3.05) is 23.8 Å². The van der Waals surface area contributed by atoms with Gasteiger partial charge in [-0.25, -0.2) is 0 Å². The lowest BCUT2D eigenvalue weighted by Crippen LogP contribution is -2.55. The van der Waals surface area contributed by atoms with Gasteiger partial charge in [0.05, 0.1) is 12.3 Å². The number of hydrogen-bond donors (Lipinski definition) is 2. The van der Waals surface area contributed by atoms with Gasteiger partial charge < -0.3 is 14.4 Å². The van der Waals surface area contributed by atoms with Crippen LogP contribution < -0.4 is 10.2 Å². The molecule has 0 spiro atoms. The van der Waals surface area contributed by atoms with Crippen molar-refractivity contribution in [3.63, 3.8) is 0 Å². The molecular formula is C23H26N2O6S. The van der Waals surface area contributed by atoms with Gasteiger partial charge in [-0.15, -0.1) is 0 Å². The molecule has 3 rings (SSSR count). The number of nitrogens with one attached hydrogen (secondary N) is 1. The second-order valence-electron chi connectivity index (χ2n) is 7.35. The number of carboxylic acid groups (broad SMARTS) is 1. The summed E-state index contributed by atoms with van der Waals surface area (Å²) in [5.41, 5.74) is 1.33. The van der Waals surface area contributed by atoms with Crippen LogP contribution in [0.25, 0.3) is 0 Å². The van der Waals surface area contributed by atoms with Crippen molar-refractivity contribution in [2.24, 2.45) is 0 Å². The zero-order chi connectivity index (χ0) is 23.1. The molecule has 32 heavy (non-hydrogen) atoms. The fraction of sp³-hybridized carbons (Fsp3) is 0.348. The Hall–Kier alpha value is -2.88. The Labute approximate surface area is 189 Å². The molecule has 2 unspecified atom stereocenters. The van der Waals surface area contributed by atoms with Crippen molar-refractivity contribution >= 4 is 34.7 Å². The van der Waals surface area contributed by atoms with E-state index in [0.29, 0.717) is 23.4 Å². The molecule has 0 aromatic heterocycles. The zero-order valence-corrected chi connectivity index (χ0v) is 18.5. The molecule has 0 fully saturated rings. The number of carbonyl (C=O) groups excluding carboxylic acids is 2. The summed E-state index contributed by atoms with van der Waals surface area (Å²) in [6.45, 7) is 1.31. The van der Waals surface area contributed by atoms with E-state index in [1.807, 2.05) is 30.3 Å². The summed E-state index contributed by atoms with van der Waals surface area (Å²) in [7, 11) is 0. The quantitative estimate of drug-likeness (QED) is 0.434. The van der Waals surface area contributed by atoms with Gasteiger partial charge in [-0.1, -0.05) is 42.5 Å². The first kappa shape index (κ1) is 23.8. The second-order valence-corrected chi connectivity index (χ2v) is 8.81. The number of benzene rings is 2. The van der Waals surface area contributed by atoms with Gasteiger partial charge in [-0.3, -0.25) is 24.6 Å². The molecule has 0 radical (unpaired) electrons. The van der Waals surface area contributed by atoms with Gasteiger partial charge in [-0.05, 0) is 48.6 Å². The predicted octanol–water partition coefficient (Wildman–Crippen LogP) is 1.75. The Bertz CT molecular complexity index is 955. The van der Waals surface area contributed by atoms with Crippen LogP contribution in [0.15, 0.2) is 59.5 Å². The molecule has 0 bridgehead atoms. The van der Waals surface area contributed by atoms with Crippen molar-refractivity contribution in [1.29, 1.82) is 0 Å². The third-order valence-corrected chi connectivity index (χ3v) is 6.59. The number of esters is 1. The Morgan fingerprint density at radius 2 is 1.91 bits per heavy atom. The molecular weight excluding hydrogens is 432 g/mol. The van der Waals surface area contributed by atoms with E-state index in [-0.39, 0.29) is 12.4 Å². The number of aryl methyl sites for hydroxylation is 1. The Morgan fingerprint density at radius 3 is 2.59 bits per heavy atom. The van der Waals surface area contributed by atoms with Crippen LogP contribution in [0.4, 0.5) is 5.69 Å². The van der Waals surface area contributed by atoms with E-state index in [4.69, 9.17) is 4.74 Å². The summed E-state index contributed by atoms with van der Waals surface area (Å²) < 4.78 is 18.2. The van der Waals surface area contributed by atoms with Crippen LogP contribution in [-0.4, -0.2) is 58.5 Å². The minimum atomic E-state index is -1.56. The normalized spacial score (nSPS) is 19.1. The number of aliphatic carboxylic acids is 1. The van der Waals surface area contributed by atoms with E-state index >= 15 is 0 Å². The molecule has 0 aliphatic carbocycles. The van der Waals surface area contributed by atoms with Crippen LogP contribution in [0.3, 0.4) is 0 Å². The van der Waals surface area contributed by atoms with Gasteiger partial charge in [0, 0.05) is 0 Å². The van der Waals surface area contributed by atoms with Crippen LogP contribution in [-0.2, 0) is 36.7 Å². The second kappa shape index (κ2) is 11.1. The monoisotopic (exact) mass is 458 g/mol. The zero-order valence-electron chi connectivity index (χ0n) is 17.7. The summed E-state index contributed by atoms with van der Waals surface area (Å²) in [6, 6.07) is 14.3. The molecule has 1 amide bonds. The summed E-state index contributed by atoms with van der Waals surface area (Å²) in [4.78, 5) is 38.8. The number of nitrogens with zero attached hydrogens (tertiary/aromatic N) is 1. The molecule has 1 aliphatic rings. The molecule has 2 aromatic carbocycles. The molecule has 3 atom stereocenters. The highest BCUT2D eigenvalue weighted by Gasteiger charge is 2.40. The minimum Gasteiger partial charge on any atom is -0.611 e. The van der Waals surface area contributed by atoms with Gasteiger partial charge in [0.1, 0.15) is 24.4 Å². The number of para-hydroxylation sites is 1. The minimum absolute atomic E-state index is 0.0762. The molecule has 0 saturated carbocycles. The highest BCUT2D eigenvalue weighted by atomic mass is 32.2. The molecule has 170 valence electrons. The van der Waals surface area contributed by atoms with E-state index in [1.165, 1.54) is 0 Å². The van der Waals surface area contributed by atoms with Crippen LogP contribution in [0.1, 0.15) is 18.9 Å². The lowest BCUT2D eigenvalue weighted by atomic mass is 10.0. The van der Waals surface area contributed by atoms with Gasteiger partial charge in [0.15, 0.2) is 4.90 Å². The molecule has 0 saturated heterocycles. The highest BCUT2D eigenvalue weighted by Crippen LogP contribution is 2.30. The SMILES string of the molecule is CCOC(=O)C(CCc1ccccc1)N[C@H]1C[S+]([O-])c2ccccc2N(CC(=O)O)C1=O. The van der Waals surface area contributed by atoms with Crippen molar-refractivity contribution in [3.8, 4) is 0 Å². The number of hydrogen-bond acceptors (Lipinski definition) is 6. The van der Waals surface area contributed by atoms with E-state index in [1.54, 1.807) is 31.2 Å². The topological polar surface area (TPSA) is 119 Å². The molecule has 8 nitrogen and oxygen atoms in total. The largest absolute Gasteiger partial charge is 0.611 e. The Balaban J connectivity index is 1.85.